The van der Waals surface area contributed by atoms with E-state index in [1.165, 1.54) is 6.07 Å². The molecule has 0 aliphatic heterocycles. The van der Waals surface area contributed by atoms with Crippen LogP contribution in [-0.4, -0.2) is 11.6 Å². The van der Waals surface area contributed by atoms with Crippen molar-refractivity contribution >= 4 is 0 Å². The number of rotatable bonds is 11. The number of ether oxygens (including phenoxy) is 1. The Balaban J connectivity index is 1.40. The molecule has 0 unspecified atom stereocenters. The average Bonchev–Trinajstić information content (AvgIpc) is 2.92. The minimum absolute atomic E-state index is 0.174. The van der Waals surface area contributed by atoms with E-state index < -0.39 is 17.5 Å². The average molecular weight is 504 g/mol. The van der Waals surface area contributed by atoms with Gasteiger partial charge in [-0.05, 0) is 84.7 Å². The summed E-state index contributed by atoms with van der Waals surface area (Å²) in [5.41, 5.74) is 4.65. The van der Waals surface area contributed by atoms with E-state index >= 15 is 0 Å². The van der Waals surface area contributed by atoms with Crippen molar-refractivity contribution in [2.24, 2.45) is 0 Å². The van der Waals surface area contributed by atoms with Gasteiger partial charge in [0.2, 0.25) is 0 Å². The van der Waals surface area contributed by atoms with Gasteiger partial charge in [-0.1, -0.05) is 62.2 Å². The molecule has 0 atom stereocenters. The van der Waals surface area contributed by atoms with Gasteiger partial charge in [0, 0.05) is 11.8 Å². The highest BCUT2D eigenvalue weighted by Gasteiger charge is 2.16. The molecular weight excluding hydrogens is 471 g/mol. The zero-order chi connectivity index (χ0) is 26.2. The van der Waals surface area contributed by atoms with Gasteiger partial charge in [-0.2, -0.15) is 0 Å². The molecule has 0 saturated heterocycles. The molecule has 4 rings (SSSR count). The molecule has 3 aromatic carbocycles. The minimum atomic E-state index is -0.864. The highest BCUT2D eigenvalue weighted by molar-refractivity contribution is 5.65. The summed E-state index contributed by atoms with van der Waals surface area (Å²) in [6.45, 7) is 4.37. The molecule has 5 heteroatoms. The summed E-state index contributed by atoms with van der Waals surface area (Å²) in [7, 11) is 0. The second kappa shape index (κ2) is 12.6. The van der Waals surface area contributed by atoms with E-state index in [0.29, 0.717) is 30.7 Å². The number of unbranched alkanes of at least 4 members (excludes halogenated alkanes) is 2. The molecule has 0 saturated carbocycles. The Hall–Kier alpha value is -3.60. The van der Waals surface area contributed by atoms with Crippen molar-refractivity contribution in [2.45, 2.75) is 52.4 Å². The van der Waals surface area contributed by atoms with Gasteiger partial charge in [0.25, 0.3) is 0 Å². The molecule has 0 spiro atoms. The van der Waals surface area contributed by atoms with Crippen LogP contribution in [0.25, 0.3) is 22.4 Å². The lowest BCUT2D eigenvalue weighted by molar-refractivity contribution is 0.321. The van der Waals surface area contributed by atoms with Crippen LogP contribution in [0.15, 0.2) is 72.9 Å². The molecule has 2 nitrogen and oxygen atoms in total. The molecule has 4 aromatic rings. The smallest absolute Gasteiger partial charge is 0.168 e. The van der Waals surface area contributed by atoms with E-state index in [1.807, 2.05) is 43.3 Å². The van der Waals surface area contributed by atoms with Gasteiger partial charge in [-0.15, -0.1) is 0 Å². The number of nitrogens with zero attached hydrogens (tertiary/aromatic N) is 1. The largest absolute Gasteiger partial charge is 0.491 e. The summed E-state index contributed by atoms with van der Waals surface area (Å²) in [5.74, 6) is -1.86. The van der Waals surface area contributed by atoms with Gasteiger partial charge < -0.3 is 4.74 Å². The summed E-state index contributed by atoms with van der Waals surface area (Å²) >= 11 is 0. The maximum atomic E-state index is 14.9. The van der Waals surface area contributed by atoms with Gasteiger partial charge in [0.1, 0.15) is 0 Å². The van der Waals surface area contributed by atoms with Crippen LogP contribution in [0.2, 0.25) is 0 Å². The van der Waals surface area contributed by atoms with Crippen LogP contribution in [0.5, 0.6) is 5.75 Å². The summed E-state index contributed by atoms with van der Waals surface area (Å²) in [5, 5.41) is 0. The van der Waals surface area contributed by atoms with Crippen molar-refractivity contribution in [1.82, 2.24) is 4.98 Å². The predicted octanol–water partition coefficient (Wildman–Crippen LogP) is 8.75. The fourth-order valence-electron chi connectivity index (χ4n) is 4.39. The number of pyridine rings is 1. The lowest BCUT2D eigenvalue weighted by Gasteiger charge is -2.10. The Morgan fingerprint density at radius 1 is 0.703 bits per heavy atom. The quantitative estimate of drug-likeness (QED) is 0.191. The van der Waals surface area contributed by atoms with Crippen LogP contribution in [0.1, 0.15) is 49.8 Å². The van der Waals surface area contributed by atoms with Crippen LogP contribution < -0.4 is 4.74 Å². The lowest BCUT2D eigenvalue weighted by Crippen LogP contribution is -2.00. The lowest BCUT2D eigenvalue weighted by atomic mass is 9.98. The molecular formula is C32H32F3NO. The third-order valence-corrected chi connectivity index (χ3v) is 6.53. The summed E-state index contributed by atoms with van der Waals surface area (Å²) in [4.78, 5) is 4.37. The van der Waals surface area contributed by atoms with Gasteiger partial charge >= 0.3 is 0 Å². The van der Waals surface area contributed by atoms with Crippen LogP contribution in [-0.2, 0) is 19.3 Å². The molecule has 37 heavy (non-hydrogen) atoms. The minimum Gasteiger partial charge on any atom is -0.491 e. The maximum absolute atomic E-state index is 14.9. The van der Waals surface area contributed by atoms with Gasteiger partial charge in [-0.25, -0.2) is 13.2 Å². The van der Waals surface area contributed by atoms with E-state index in [-0.39, 0.29) is 11.3 Å². The van der Waals surface area contributed by atoms with E-state index in [2.05, 4.69) is 11.9 Å². The molecule has 0 N–H and O–H groups in total. The zero-order valence-electron chi connectivity index (χ0n) is 21.4. The van der Waals surface area contributed by atoms with Gasteiger partial charge in [0.15, 0.2) is 23.2 Å². The second-order valence-corrected chi connectivity index (χ2v) is 9.18. The highest BCUT2D eigenvalue weighted by atomic mass is 19.2. The maximum Gasteiger partial charge on any atom is 0.168 e. The van der Waals surface area contributed by atoms with Crippen molar-refractivity contribution in [3.63, 3.8) is 0 Å². The van der Waals surface area contributed by atoms with Crippen LogP contribution in [0.4, 0.5) is 13.2 Å². The summed E-state index contributed by atoms with van der Waals surface area (Å²) < 4.78 is 49.3. The first-order valence-corrected chi connectivity index (χ1v) is 12.9. The molecule has 0 fully saturated rings. The Morgan fingerprint density at radius 2 is 1.46 bits per heavy atom. The first kappa shape index (κ1) is 26.5. The number of aromatic nitrogens is 1. The van der Waals surface area contributed by atoms with Crippen LogP contribution in [0, 0.1) is 17.5 Å². The van der Waals surface area contributed by atoms with E-state index in [0.717, 1.165) is 47.9 Å². The van der Waals surface area contributed by atoms with Crippen LogP contribution >= 0.6 is 0 Å². The molecule has 0 aliphatic rings. The van der Waals surface area contributed by atoms with Gasteiger partial charge in [0.05, 0.1) is 12.3 Å². The fourth-order valence-corrected chi connectivity index (χ4v) is 4.39. The molecule has 192 valence electrons. The monoisotopic (exact) mass is 503 g/mol. The first-order valence-electron chi connectivity index (χ1n) is 12.9. The Labute approximate surface area is 217 Å². The molecule has 0 bridgehead atoms. The third-order valence-electron chi connectivity index (χ3n) is 6.53. The van der Waals surface area contributed by atoms with E-state index in [4.69, 9.17) is 4.74 Å². The fraction of sp³-hybridized carbons (Fsp3) is 0.281. The third kappa shape index (κ3) is 6.59. The number of aryl methyl sites for hydroxylation is 3. The first-order chi connectivity index (χ1) is 18.0. The topological polar surface area (TPSA) is 22.1 Å². The van der Waals surface area contributed by atoms with Crippen molar-refractivity contribution in [3.8, 4) is 28.1 Å². The van der Waals surface area contributed by atoms with E-state index in [9.17, 15) is 13.2 Å². The SMILES string of the molecule is CCCCCc1ccc(-c2ccc(CCc3ccc(-c4ccc(OCC)c(F)c4)cc3)c(F)c2F)nc1. The van der Waals surface area contributed by atoms with Crippen molar-refractivity contribution < 1.29 is 17.9 Å². The summed E-state index contributed by atoms with van der Waals surface area (Å²) in [6.07, 6.45) is 7.02. The van der Waals surface area contributed by atoms with Crippen LogP contribution in [0.3, 0.4) is 0 Å². The van der Waals surface area contributed by atoms with Crippen molar-refractivity contribution in [1.29, 1.82) is 0 Å². The van der Waals surface area contributed by atoms with Gasteiger partial charge in [-0.3, -0.25) is 4.98 Å². The number of halogens is 3. The number of hydrogen-bond acceptors (Lipinski definition) is 2. The number of benzene rings is 3. The Morgan fingerprint density at radius 3 is 2.14 bits per heavy atom. The predicted molar refractivity (Wildman–Crippen MR) is 143 cm³/mol. The molecule has 0 aliphatic carbocycles. The molecule has 0 amide bonds. The highest BCUT2D eigenvalue weighted by Crippen LogP contribution is 2.28. The van der Waals surface area contributed by atoms with E-state index in [1.54, 1.807) is 30.5 Å². The Kier molecular flexibility index (Phi) is 8.99. The summed E-state index contributed by atoms with van der Waals surface area (Å²) in [6, 6.07) is 19.5. The Bertz CT molecular complexity index is 1320. The number of hydrogen-bond donors (Lipinski definition) is 0. The molecule has 1 aromatic heterocycles. The second-order valence-electron chi connectivity index (χ2n) is 9.18. The molecule has 1 heterocycles. The normalized spacial score (nSPS) is 11.1. The standard InChI is InChI=1S/C32H32F3NO/c1-3-5-6-7-23-11-18-29(36-21-23)27-17-15-25(31(34)32(27)35)14-10-22-8-12-24(13-9-22)26-16-19-30(37-4-2)28(33)20-26/h8-9,11-13,15-21H,3-7,10,14H2,1-2H3. The van der Waals surface area contributed by atoms with Crippen molar-refractivity contribution in [2.75, 3.05) is 6.61 Å². The van der Waals surface area contributed by atoms with Crippen molar-refractivity contribution in [3.05, 3.63) is 107 Å². The molecule has 0 radical (unpaired) electrons. The zero-order valence-corrected chi connectivity index (χ0v) is 21.4.